The number of nitrogens with one attached hydrogen (secondary N) is 2. The summed E-state index contributed by atoms with van der Waals surface area (Å²) in [5.41, 5.74) is 0. The molecule has 0 aliphatic carbocycles. The second-order valence-electron chi connectivity index (χ2n) is 2.06. The Morgan fingerprint density at radius 2 is 2.12 bits per heavy atom. The standard InChI is InChI=1S/C5H12N2.Au/c1-5-4-6-2-3-7-5;/h5-7H,2-4H2,1H3;. The summed E-state index contributed by atoms with van der Waals surface area (Å²) in [6.07, 6.45) is 0. The molecule has 0 aromatic rings. The van der Waals surface area contributed by atoms with E-state index in [9.17, 15) is 0 Å². The van der Waals surface area contributed by atoms with E-state index < -0.39 is 0 Å². The van der Waals surface area contributed by atoms with E-state index >= 15 is 0 Å². The first-order chi connectivity index (χ1) is 3.39. The van der Waals surface area contributed by atoms with Crippen molar-refractivity contribution in [3.05, 3.63) is 0 Å². The molecule has 0 aromatic carbocycles. The molecule has 1 fully saturated rings. The molecule has 2 N–H and O–H groups in total. The average molecular weight is 297 g/mol. The maximum Gasteiger partial charge on any atom is 0.0164 e. The Hall–Kier alpha value is 0.660. The molecule has 0 aromatic heterocycles. The molecule has 1 radical (unpaired) electrons. The van der Waals surface area contributed by atoms with Crippen molar-refractivity contribution in [3.8, 4) is 0 Å². The second-order valence-corrected chi connectivity index (χ2v) is 2.06. The fourth-order valence-corrected chi connectivity index (χ4v) is 0.798. The molecule has 53 valence electrons. The van der Waals surface area contributed by atoms with Crippen molar-refractivity contribution in [1.82, 2.24) is 10.6 Å². The third-order valence-corrected chi connectivity index (χ3v) is 1.25. The Balaban J connectivity index is 0.000000490. The van der Waals surface area contributed by atoms with Gasteiger partial charge in [0.1, 0.15) is 0 Å². The van der Waals surface area contributed by atoms with Crippen molar-refractivity contribution in [2.24, 2.45) is 0 Å². The summed E-state index contributed by atoms with van der Waals surface area (Å²) >= 11 is 0. The summed E-state index contributed by atoms with van der Waals surface area (Å²) in [5, 5.41) is 6.59. The van der Waals surface area contributed by atoms with Crippen LogP contribution in [0.3, 0.4) is 0 Å². The van der Waals surface area contributed by atoms with E-state index in [1.807, 2.05) is 0 Å². The quantitative estimate of drug-likeness (QED) is 0.593. The minimum absolute atomic E-state index is 0. The van der Waals surface area contributed by atoms with E-state index in [1.165, 1.54) is 0 Å². The number of hydrogen-bond acceptors (Lipinski definition) is 2. The van der Waals surface area contributed by atoms with Crippen LogP contribution < -0.4 is 10.6 Å². The van der Waals surface area contributed by atoms with Gasteiger partial charge in [0.05, 0.1) is 0 Å². The first-order valence-electron chi connectivity index (χ1n) is 2.83. The Bertz CT molecular complexity index is 52.4. The summed E-state index contributed by atoms with van der Waals surface area (Å²) in [6, 6.07) is 0.675. The maximum absolute atomic E-state index is 3.32. The van der Waals surface area contributed by atoms with Gasteiger partial charge in [0.25, 0.3) is 0 Å². The summed E-state index contributed by atoms with van der Waals surface area (Å²) in [7, 11) is 0. The van der Waals surface area contributed by atoms with Crippen LogP contribution in [0, 0.1) is 0 Å². The van der Waals surface area contributed by atoms with Gasteiger partial charge >= 0.3 is 0 Å². The Morgan fingerprint density at radius 3 is 2.38 bits per heavy atom. The van der Waals surface area contributed by atoms with Gasteiger partial charge in [0.15, 0.2) is 0 Å². The second kappa shape index (κ2) is 4.53. The Labute approximate surface area is 65.9 Å². The van der Waals surface area contributed by atoms with Crippen LogP contribution in [0.5, 0.6) is 0 Å². The first-order valence-corrected chi connectivity index (χ1v) is 2.83. The van der Waals surface area contributed by atoms with Crippen molar-refractivity contribution in [3.63, 3.8) is 0 Å². The van der Waals surface area contributed by atoms with E-state index in [1.54, 1.807) is 0 Å². The van der Waals surface area contributed by atoms with Crippen LogP contribution >= 0.6 is 0 Å². The SMILES string of the molecule is CC1CNCCN1.[Au]. The van der Waals surface area contributed by atoms with Crippen molar-refractivity contribution < 1.29 is 22.4 Å². The van der Waals surface area contributed by atoms with Gasteiger partial charge in [0, 0.05) is 48.1 Å². The summed E-state index contributed by atoms with van der Waals surface area (Å²) in [5.74, 6) is 0. The van der Waals surface area contributed by atoms with Crippen molar-refractivity contribution >= 4 is 0 Å². The smallest absolute Gasteiger partial charge is 0.0164 e. The van der Waals surface area contributed by atoms with Gasteiger partial charge in [-0.3, -0.25) is 0 Å². The largest absolute Gasteiger partial charge is 0.314 e. The molecule has 0 saturated carbocycles. The van der Waals surface area contributed by atoms with E-state index in [-0.39, 0.29) is 22.4 Å². The zero-order chi connectivity index (χ0) is 5.11. The zero-order valence-corrected chi connectivity index (χ0v) is 7.17. The Morgan fingerprint density at radius 1 is 1.38 bits per heavy atom. The molecule has 1 atom stereocenters. The van der Waals surface area contributed by atoms with Crippen LogP contribution in [0.1, 0.15) is 6.92 Å². The molecule has 1 aliphatic heterocycles. The fourth-order valence-electron chi connectivity index (χ4n) is 0.798. The van der Waals surface area contributed by atoms with Gasteiger partial charge in [-0.05, 0) is 6.92 Å². The third-order valence-electron chi connectivity index (χ3n) is 1.25. The van der Waals surface area contributed by atoms with Crippen molar-refractivity contribution in [1.29, 1.82) is 0 Å². The zero-order valence-electron chi connectivity index (χ0n) is 5.00. The predicted molar refractivity (Wildman–Crippen MR) is 30.3 cm³/mol. The van der Waals surface area contributed by atoms with Crippen molar-refractivity contribution in [2.75, 3.05) is 19.6 Å². The van der Waals surface area contributed by atoms with Gasteiger partial charge in [-0.25, -0.2) is 0 Å². The molecule has 8 heavy (non-hydrogen) atoms. The molecular formula is C5H12AuN2. The van der Waals surface area contributed by atoms with Gasteiger partial charge in [-0.2, -0.15) is 0 Å². The maximum atomic E-state index is 3.32. The topological polar surface area (TPSA) is 24.1 Å². The molecule has 1 rings (SSSR count). The van der Waals surface area contributed by atoms with Crippen LogP contribution in [0.2, 0.25) is 0 Å². The molecule has 1 unspecified atom stereocenters. The molecule has 1 heterocycles. The predicted octanol–water partition coefficient (Wildman–Crippen LogP) is -0.435. The average Bonchev–Trinajstić information content (AvgIpc) is 1.69. The molecule has 2 nitrogen and oxygen atoms in total. The molecule has 3 heteroatoms. The monoisotopic (exact) mass is 297 g/mol. The fraction of sp³-hybridized carbons (Fsp3) is 1.00. The molecule has 1 saturated heterocycles. The van der Waals surface area contributed by atoms with Crippen LogP contribution in [-0.2, 0) is 22.4 Å². The van der Waals surface area contributed by atoms with E-state index in [4.69, 9.17) is 0 Å². The molecule has 0 spiro atoms. The molecule has 1 aliphatic rings. The van der Waals surface area contributed by atoms with E-state index in [2.05, 4.69) is 17.6 Å². The minimum Gasteiger partial charge on any atom is -0.314 e. The number of hydrogen-bond donors (Lipinski definition) is 2. The first kappa shape index (κ1) is 8.66. The van der Waals surface area contributed by atoms with Crippen LogP contribution in [0.4, 0.5) is 0 Å². The summed E-state index contributed by atoms with van der Waals surface area (Å²) < 4.78 is 0. The van der Waals surface area contributed by atoms with Gasteiger partial charge in [0.2, 0.25) is 0 Å². The molecule has 0 amide bonds. The van der Waals surface area contributed by atoms with Crippen LogP contribution in [0.25, 0.3) is 0 Å². The van der Waals surface area contributed by atoms with Crippen LogP contribution in [0.15, 0.2) is 0 Å². The summed E-state index contributed by atoms with van der Waals surface area (Å²) in [6.45, 7) is 5.57. The van der Waals surface area contributed by atoms with Gasteiger partial charge in [-0.15, -0.1) is 0 Å². The molecular weight excluding hydrogens is 285 g/mol. The minimum atomic E-state index is 0. The van der Waals surface area contributed by atoms with E-state index in [0.29, 0.717) is 6.04 Å². The van der Waals surface area contributed by atoms with Gasteiger partial charge in [-0.1, -0.05) is 0 Å². The third kappa shape index (κ3) is 2.85. The van der Waals surface area contributed by atoms with E-state index in [0.717, 1.165) is 19.6 Å². The van der Waals surface area contributed by atoms with Crippen molar-refractivity contribution in [2.45, 2.75) is 13.0 Å². The van der Waals surface area contributed by atoms with Crippen LogP contribution in [-0.4, -0.2) is 25.7 Å². The summed E-state index contributed by atoms with van der Waals surface area (Å²) in [4.78, 5) is 0. The molecule has 0 bridgehead atoms. The Kier molecular flexibility index (Phi) is 4.90. The number of rotatable bonds is 0. The number of piperazine rings is 1. The van der Waals surface area contributed by atoms with Gasteiger partial charge < -0.3 is 10.6 Å². The normalized spacial score (nSPS) is 28.9.